The number of hydrogen-bond donors (Lipinski definition) is 1. The van der Waals surface area contributed by atoms with Crippen molar-refractivity contribution in [2.45, 2.75) is 33.4 Å². The number of nitrogens with one attached hydrogen (secondary N) is 1. The second-order valence-electron chi connectivity index (χ2n) is 5.09. The Morgan fingerprint density at radius 3 is 2.58 bits per heavy atom. The number of hydrogen-bond acceptors (Lipinski definition) is 1. The number of rotatable bonds is 4. The Bertz CT molecular complexity index is 563. The molecule has 0 heterocycles. The molecule has 0 aromatic heterocycles. The quantitative estimate of drug-likeness (QED) is 0.844. The Morgan fingerprint density at radius 1 is 1.11 bits per heavy atom. The lowest BCUT2D eigenvalue weighted by molar-refractivity contribution is 0.573. The minimum Gasteiger partial charge on any atom is -0.306 e. The fourth-order valence-corrected chi connectivity index (χ4v) is 2.62. The fourth-order valence-electron chi connectivity index (χ4n) is 2.20. The maximum atomic E-state index is 3.58. The summed E-state index contributed by atoms with van der Waals surface area (Å²) in [6.45, 7) is 7.41. The summed E-state index contributed by atoms with van der Waals surface area (Å²) < 4.78 is 1.13. The smallest absolute Gasteiger partial charge is 0.0295 e. The Balaban J connectivity index is 2.02. The Labute approximate surface area is 124 Å². The third kappa shape index (κ3) is 3.92. The van der Waals surface area contributed by atoms with Gasteiger partial charge in [-0.2, -0.15) is 0 Å². The highest BCUT2D eigenvalue weighted by Crippen LogP contribution is 2.19. The third-order valence-corrected chi connectivity index (χ3v) is 3.94. The Kier molecular flexibility index (Phi) is 4.78. The van der Waals surface area contributed by atoms with Crippen LogP contribution < -0.4 is 5.32 Å². The summed E-state index contributed by atoms with van der Waals surface area (Å²) in [5.41, 5.74) is 5.35. The van der Waals surface area contributed by atoms with E-state index in [1.807, 2.05) is 0 Å². The second kappa shape index (κ2) is 6.36. The van der Waals surface area contributed by atoms with Gasteiger partial charge >= 0.3 is 0 Å². The van der Waals surface area contributed by atoms with E-state index in [0.717, 1.165) is 11.0 Å². The molecular formula is C17H20BrN. The van der Waals surface area contributed by atoms with E-state index in [4.69, 9.17) is 0 Å². The minimum absolute atomic E-state index is 0.346. The molecule has 2 rings (SSSR count). The fraction of sp³-hybridized carbons (Fsp3) is 0.294. The molecule has 0 aliphatic carbocycles. The Morgan fingerprint density at radius 2 is 1.89 bits per heavy atom. The molecule has 0 aliphatic rings. The molecule has 0 fully saturated rings. The van der Waals surface area contributed by atoms with Crippen LogP contribution in [0.4, 0.5) is 0 Å². The molecule has 1 nitrogen and oxygen atoms in total. The van der Waals surface area contributed by atoms with Crippen LogP contribution >= 0.6 is 15.9 Å². The van der Waals surface area contributed by atoms with Gasteiger partial charge in [-0.25, -0.2) is 0 Å². The van der Waals surface area contributed by atoms with Crippen molar-refractivity contribution in [2.24, 2.45) is 0 Å². The standard InChI is InChI=1S/C17H20BrN/c1-12-7-8-16(13(2)9-12)11-19-14(3)15-5-4-6-17(18)10-15/h4-10,14,19H,11H2,1-3H3/t14-/m1/s1. The van der Waals surface area contributed by atoms with Crippen molar-refractivity contribution < 1.29 is 0 Å². The molecule has 100 valence electrons. The van der Waals surface area contributed by atoms with Crippen molar-refractivity contribution in [3.8, 4) is 0 Å². The summed E-state index contributed by atoms with van der Waals surface area (Å²) in [5, 5.41) is 3.58. The summed E-state index contributed by atoms with van der Waals surface area (Å²) in [6, 6.07) is 15.4. The van der Waals surface area contributed by atoms with E-state index in [9.17, 15) is 0 Å². The largest absolute Gasteiger partial charge is 0.306 e. The molecule has 2 aromatic carbocycles. The van der Waals surface area contributed by atoms with Gasteiger partial charge in [0.25, 0.3) is 0 Å². The average molecular weight is 318 g/mol. The zero-order chi connectivity index (χ0) is 13.8. The van der Waals surface area contributed by atoms with Gasteiger partial charge < -0.3 is 5.32 Å². The predicted molar refractivity (Wildman–Crippen MR) is 85.3 cm³/mol. The summed E-state index contributed by atoms with van der Waals surface area (Å²) >= 11 is 3.52. The highest BCUT2D eigenvalue weighted by Gasteiger charge is 2.06. The van der Waals surface area contributed by atoms with Crippen LogP contribution in [-0.2, 0) is 6.54 Å². The van der Waals surface area contributed by atoms with Gasteiger partial charge in [-0.1, -0.05) is 51.8 Å². The van der Waals surface area contributed by atoms with E-state index >= 15 is 0 Å². The highest BCUT2D eigenvalue weighted by molar-refractivity contribution is 9.10. The predicted octanol–water partition coefficient (Wildman–Crippen LogP) is 4.92. The SMILES string of the molecule is Cc1ccc(CN[C@H](C)c2cccc(Br)c2)c(C)c1. The van der Waals surface area contributed by atoms with Gasteiger partial charge in [0.2, 0.25) is 0 Å². The molecule has 0 saturated carbocycles. The van der Waals surface area contributed by atoms with Gasteiger partial charge in [0, 0.05) is 17.1 Å². The molecule has 0 bridgehead atoms. The summed E-state index contributed by atoms with van der Waals surface area (Å²) in [6.07, 6.45) is 0. The second-order valence-corrected chi connectivity index (χ2v) is 6.00. The van der Waals surface area contributed by atoms with Crippen LogP contribution in [0, 0.1) is 13.8 Å². The van der Waals surface area contributed by atoms with Gasteiger partial charge in [0.05, 0.1) is 0 Å². The molecule has 0 amide bonds. The lowest BCUT2D eigenvalue weighted by Gasteiger charge is -2.16. The number of halogens is 1. The molecule has 2 aromatic rings. The molecule has 0 saturated heterocycles. The molecule has 0 spiro atoms. The van der Waals surface area contributed by atoms with Crippen molar-refractivity contribution in [2.75, 3.05) is 0 Å². The van der Waals surface area contributed by atoms with E-state index < -0.39 is 0 Å². The van der Waals surface area contributed by atoms with Crippen molar-refractivity contribution in [3.63, 3.8) is 0 Å². The van der Waals surface area contributed by atoms with Gasteiger partial charge in [-0.3, -0.25) is 0 Å². The van der Waals surface area contributed by atoms with Gasteiger partial charge in [0.15, 0.2) is 0 Å². The third-order valence-electron chi connectivity index (χ3n) is 3.45. The maximum absolute atomic E-state index is 3.58. The normalized spacial score (nSPS) is 12.4. The molecular weight excluding hydrogens is 298 g/mol. The minimum atomic E-state index is 0.346. The van der Waals surface area contributed by atoms with E-state index in [0.29, 0.717) is 6.04 Å². The molecule has 0 radical (unpaired) electrons. The van der Waals surface area contributed by atoms with Crippen LogP contribution in [0.25, 0.3) is 0 Å². The first-order valence-electron chi connectivity index (χ1n) is 6.61. The molecule has 0 unspecified atom stereocenters. The zero-order valence-electron chi connectivity index (χ0n) is 11.7. The van der Waals surface area contributed by atoms with Crippen molar-refractivity contribution in [1.29, 1.82) is 0 Å². The van der Waals surface area contributed by atoms with Crippen LogP contribution in [0.15, 0.2) is 46.9 Å². The molecule has 1 N–H and O–H groups in total. The monoisotopic (exact) mass is 317 g/mol. The lowest BCUT2D eigenvalue weighted by atomic mass is 10.0. The van der Waals surface area contributed by atoms with Crippen molar-refractivity contribution in [3.05, 3.63) is 69.2 Å². The van der Waals surface area contributed by atoms with Gasteiger partial charge in [0.1, 0.15) is 0 Å². The molecule has 19 heavy (non-hydrogen) atoms. The van der Waals surface area contributed by atoms with E-state index in [1.54, 1.807) is 0 Å². The molecule has 2 heteroatoms. The summed E-state index contributed by atoms with van der Waals surface area (Å²) in [5.74, 6) is 0. The number of aryl methyl sites for hydroxylation is 2. The first-order chi connectivity index (χ1) is 9.06. The van der Waals surface area contributed by atoms with Crippen molar-refractivity contribution in [1.82, 2.24) is 5.32 Å². The Hall–Kier alpha value is -1.12. The molecule has 0 aliphatic heterocycles. The van der Waals surface area contributed by atoms with Crippen LogP contribution in [0.2, 0.25) is 0 Å². The topological polar surface area (TPSA) is 12.0 Å². The first kappa shape index (κ1) is 14.3. The van der Waals surface area contributed by atoms with Crippen LogP contribution in [-0.4, -0.2) is 0 Å². The van der Waals surface area contributed by atoms with Gasteiger partial charge in [-0.15, -0.1) is 0 Å². The van der Waals surface area contributed by atoms with E-state index in [1.165, 1.54) is 22.3 Å². The first-order valence-corrected chi connectivity index (χ1v) is 7.40. The van der Waals surface area contributed by atoms with Crippen LogP contribution in [0.3, 0.4) is 0 Å². The van der Waals surface area contributed by atoms with Gasteiger partial charge in [-0.05, 0) is 49.6 Å². The van der Waals surface area contributed by atoms with E-state index in [2.05, 4.69) is 84.5 Å². The van der Waals surface area contributed by atoms with Crippen LogP contribution in [0.5, 0.6) is 0 Å². The summed E-state index contributed by atoms with van der Waals surface area (Å²) in [4.78, 5) is 0. The lowest BCUT2D eigenvalue weighted by Crippen LogP contribution is -2.18. The average Bonchev–Trinajstić information content (AvgIpc) is 2.37. The highest BCUT2D eigenvalue weighted by atomic mass is 79.9. The van der Waals surface area contributed by atoms with Crippen molar-refractivity contribution >= 4 is 15.9 Å². The van der Waals surface area contributed by atoms with E-state index in [-0.39, 0.29) is 0 Å². The maximum Gasteiger partial charge on any atom is 0.0295 e. The zero-order valence-corrected chi connectivity index (χ0v) is 13.3. The molecule has 1 atom stereocenters. The number of benzene rings is 2. The summed E-state index contributed by atoms with van der Waals surface area (Å²) in [7, 11) is 0. The van der Waals surface area contributed by atoms with Crippen LogP contribution in [0.1, 0.15) is 35.2 Å².